The first-order valence-electron chi connectivity index (χ1n) is 7.21. The van der Waals surface area contributed by atoms with E-state index in [1.165, 1.54) is 19.3 Å². The van der Waals surface area contributed by atoms with E-state index in [2.05, 4.69) is 36.2 Å². The van der Waals surface area contributed by atoms with Gasteiger partial charge in [0.05, 0.1) is 6.54 Å². The van der Waals surface area contributed by atoms with Crippen molar-refractivity contribution in [2.45, 2.75) is 58.7 Å². The van der Waals surface area contributed by atoms with Crippen LogP contribution in [0.5, 0.6) is 0 Å². The van der Waals surface area contributed by atoms with Gasteiger partial charge in [-0.1, -0.05) is 6.92 Å². The number of furan rings is 1. The topological polar surface area (TPSA) is 28.4 Å². The van der Waals surface area contributed by atoms with Gasteiger partial charge in [0.1, 0.15) is 11.5 Å². The SMILES string of the molecule is CCC1CCN(Cc2ccc(C)o2)CCC(C)N1. The summed E-state index contributed by atoms with van der Waals surface area (Å²) < 4.78 is 5.68. The van der Waals surface area contributed by atoms with Crippen molar-refractivity contribution in [1.82, 2.24) is 10.2 Å². The molecule has 1 N–H and O–H groups in total. The van der Waals surface area contributed by atoms with E-state index < -0.39 is 0 Å². The second-order valence-electron chi connectivity index (χ2n) is 5.54. The molecule has 0 spiro atoms. The molecule has 1 aromatic rings. The van der Waals surface area contributed by atoms with Crippen molar-refractivity contribution >= 4 is 0 Å². The minimum atomic E-state index is 0.621. The molecule has 2 heterocycles. The fraction of sp³-hybridized carbons (Fsp3) is 0.733. The molecule has 3 heteroatoms. The molecule has 0 radical (unpaired) electrons. The first kappa shape index (κ1) is 13.6. The lowest BCUT2D eigenvalue weighted by Crippen LogP contribution is -2.43. The van der Waals surface area contributed by atoms with E-state index in [0.717, 1.165) is 31.2 Å². The molecule has 18 heavy (non-hydrogen) atoms. The number of hydrogen-bond donors (Lipinski definition) is 1. The molecular weight excluding hydrogens is 224 g/mol. The Kier molecular flexibility index (Phi) is 4.84. The van der Waals surface area contributed by atoms with Crippen LogP contribution in [0.3, 0.4) is 0 Å². The molecule has 0 saturated carbocycles. The van der Waals surface area contributed by atoms with E-state index in [1.54, 1.807) is 0 Å². The fourth-order valence-electron chi connectivity index (χ4n) is 2.67. The Morgan fingerprint density at radius 2 is 2.11 bits per heavy atom. The summed E-state index contributed by atoms with van der Waals surface area (Å²) in [5.41, 5.74) is 0. The molecule has 2 unspecified atom stereocenters. The number of nitrogens with one attached hydrogen (secondary N) is 1. The van der Waals surface area contributed by atoms with Gasteiger partial charge in [0.25, 0.3) is 0 Å². The second-order valence-corrected chi connectivity index (χ2v) is 5.54. The highest BCUT2D eigenvalue weighted by molar-refractivity contribution is 5.05. The zero-order chi connectivity index (χ0) is 13.0. The van der Waals surface area contributed by atoms with Crippen molar-refractivity contribution in [2.75, 3.05) is 13.1 Å². The third kappa shape index (κ3) is 3.85. The minimum Gasteiger partial charge on any atom is -0.465 e. The molecule has 0 bridgehead atoms. The van der Waals surface area contributed by atoms with Crippen molar-refractivity contribution in [1.29, 1.82) is 0 Å². The van der Waals surface area contributed by atoms with Crippen LogP contribution in [0.15, 0.2) is 16.5 Å². The summed E-state index contributed by atoms with van der Waals surface area (Å²) >= 11 is 0. The van der Waals surface area contributed by atoms with E-state index >= 15 is 0 Å². The van der Waals surface area contributed by atoms with Gasteiger partial charge in [-0.2, -0.15) is 0 Å². The molecule has 102 valence electrons. The van der Waals surface area contributed by atoms with Crippen LogP contribution in [0.1, 0.15) is 44.6 Å². The third-order valence-corrected chi connectivity index (χ3v) is 3.86. The molecule has 0 amide bonds. The van der Waals surface area contributed by atoms with E-state index in [0.29, 0.717) is 12.1 Å². The summed E-state index contributed by atoms with van der Waals surface area (Å²) in [5.74, 6) is 2.11. The van der Waals surface area contributed by atoms with Gasteiger partial charge in [0, 0.05) is 25.2 Å². The van der Waals surface area contributed by atoms with Crippen molar-refractivity contribution in [3.63, 3.8) is 0 Å². The summed E-state index contributed by atoms with van der Waals surface area (Å²) in [4.78, 5) is 2.53. The second kappa shape index (κ2) is 6.39. The van der Waals surface area contributed by atoms with E-state index in [1.807, 2.05) is 6.92 Å². The van der Waals surface area contributed by atoms with E-state index in [9.17, 15) is 0 Å². The maximum Gasteiger partial charge on any atom is 0.118 e. The van der Waals surface area contributed by atoms with Gasteiger partial charge in [-0.25, -0.2) is 0 Å². The molecule has 2 atom stereocenters. The number of aryl methyl sites for hydroxylation is 1. The first-order chi connectivity index (χ1) is 8.67. The van der Waals surface area contributed by atoms with Crippen LogP contribution in [0.2, 0.25) is 0 Å². The van der Waals surface area contributed by atoms with Crippen LogP contribution in [0.25, 0.3) is 0 Å². The van der Waals surface area contributed by atoms with Crippen LogP contribution < -0.4 is 5.32 Å². The predicted octanol–water partition coefficient (Wildman–Crippen LogP) is 2.94. The maximum absolute atomic E-state index is 5.68. The molecule has 1 aliphatic heterocycles. The number of nitrogens with zero attached hydrogens (tertiary/aromatic N) is 1. The largest absolute Gasteiger partial charge is 0.465 e. The van der Waals surface area contributed by atoms with Crippen LogP contribution in [-0.2, 0) is 6.54 Å². The predicted molar refractivity (Wildman–Crippen MR) is 74.6 cm³/mol. The zero-order valence-corrected chi connectivity index (χ0v) is 11.9. The highest BCUT2D eigenvalue weighted by Crippen LogP contribution is 2.14. The molecule has 1 saturated heterocycles. The molecular formula is C15H26N2O. The number of rotatable bonds is 3. The summed E-state index contributed by atoms with van der Waals surface area (Å²) in [6.45, 7) is 9.85. The summed E-state index contributed by atoms with van der Waals surface area (Å²) in [6, 6.07) is 5.45. The smallest absolute Gasteiger partial charge is 0.118 e. The molecule has 3 nitrogen and oxygen atoms in total. The Bertz CT molecular complexity index is 361. The zero-order valence-electron chi connectivity index (χ0n) is 11.9. The average Bonchev–Trinajstić information content (AvgIpc) is 2.74. The first-order valence-corrected chi connectivity index (χ1v) is 7.21. The van der Waals surface area contributed by atoms with Gasteiger partial charge >= 0.3 is 0 Å². The van der Waals surface area contributed by atoms with Crippen LogP contribution >= 0.6 is 0 Å². The Morgan fingerprint density at radius 3 is 2.78 bits per heavy atom. The lowest BCUT2D eigenvalue weighted by Gasteiger charge is -2.31. The normalized spacial score (nSPS) is 26.8. The monoisotopic (exact) mass is 250 g/mol. The highest BCUT2D eigenvalue weighted by Gasteiger charge is 2.18. The van der Waals surface area contributed by atoms with Gasteiger partial charge in [0.15, 0.2) is 0 Å². The van der Waals surface area contributed by atoms with Crippen molar-refractivity contribution < 1.29 is 4.42 Å². The van der Waals surface area contributed by atoms with Crippen molar-refractivity contribution in [3.8, 4) is 0 Å². The maximum atomic E-state index is 5.68. The van der Waals surface area contributed by atoms with Gasteiger partial charge in [-0.15, -0.1) is 0 Å². The van der Waals surface area contributed by atoms with Gasteiger partial charge in [-0.05, 0) is 45.2 Å². The number of hydrogen-bond acceptors (Lipinski definition) is 3. The Morgan fingerprint density at radius 1 is 1.33 bits per heavy atom. The van der Waals surface area contributed by atoms with Gasteiger partial charge < -0.3 is 9.73 Å². The Labute approximate surface area is 111 Å². The Hall–Kier alpha value is -0.800. The van der Waals surface area contributed by atoms with E-state index in [4.69, 9.17) is 4.42 Å². The molecule has 2 rings (SSSR count). The lowest BCUT2D eigenvalue weighted by atomic mass is 10.1. The van der Waals surface area contributed by atoms with Gasteiger partial charge in [0.2, 0.25) is 0 Å². The summed E-state index contributed by atoms with van der Waals surface area (Å²) in [6.07, 6.45) is 3.68. The molecule has 1 fully saturated rings. The molecule has 0 aliphatic carbocycles. The third-order valence-electron chi connectivity index (χ3n) is 3.86. The highest BCUT2D eigenvalue weighted by atomic mass is 16.3. The summed E-state index contributed by atoms with van der Waals surface area (Å²) in [5, 5.41) is 3.71. The molecule has 1 aromatic heterocycles. The average molecular weight is 250 g/mol. The van der Waals surface area contributed by atoms with Crippen LogP contribution in [0.4, 0.5) is 0 Å². The standard InChI is InChI=1S/C15H26N2O/c1-4-14-8-10-17(9-7-12(2)16-14)11-15-6-5-13(3)18-15/h5-6,12,14,16H,4,7-11H2,1-3H3. The quantitative estimate of drug-likeness (QED) is 0.894. The fourth-order valence-corrected chi connectivity index (χ4v) is 2.67. The van der Waals surface area contributed by atoms with Crippen LogP contribution in [0, 0.1) is 6.92 Å². The van der Waals surface area contributed by atoms with Gasteiger partial charge in [-0.3, -0.25) is 4.90 Å². The van der Waals surface area contributed by atoms with Crippen molar-refractivity contribution in [3.05, 3.63) is 23.7 Å². The lowest BCUT2D eigenvalue weighted by molar-refractivity contribution is 0.193. The molecule has 0 aromatic carbocycles. The summed E-state index contributed by atoms with van der Waals surface area (Å²) in [7, 11) is 0. The van der Waals surface area contributed by atoms with Crippen LogP contribution in [-0.4, -0.2) is 30.1 Å². The van der Waals surface area contributed by atoms with Crippen molar-refractivity contribution in [2.24, 2.45) is 0 Å². The Balaban J connectivity index is 1.91. The minimum absolute atomic E-state index is 0.621. The van der Waals surface area contributed by atoms with E-state index in [-0.39, 0.29) is 0 Å². The molecule has 1 aliphatic rings.